The summed E-state index contributed by atoms with van der Waals surface area (Å²) in [5.41, 5.74) is 8.58. The van der Waals surface area contributed by atoms with Gasteiger partial charge in [0.2, 0.25) is 0 Å². The minimum atomic E-state index is 0.164. The summed E-state index contributed by atoms with van der Waals surface area (Å²) in [4.78, 5) is 3.79. The van der Waals surface area contributed by atoms with Gasteiger partial charge in [-0.05, 0) is 76.9 Å². The van der Waals surface area contributed by atoms with E-state index in [-0.39, 0.29) is 5.41 Å². The standard InChI is InChI=1S/C27H30N2/c1-17-14-24-22(16-23(17)27(2,3)4)21-12-13-28-25(26(21)29-24)15-19-10-7-9-18-8-5-6-11-20(18)19/h5-11,14,16,25,28-29H,12-13,15H2,1-4H3. The molecular formula is C27H30N2. The van der Waals surface area contributed by atoms with Crippen molar-refractivity contribution < 1.29 is 0 Å². The van der Waals surface area contributed by atoms with Gasteiger partial charge in [0.1, 0.15) is 0 Å². The summed E-state index contributed by atoms with van der Waals surface area (Å²) in [6.45, 7) is 10.2. The zero-order valence-electron chi connectivity index (χ0n) is 17.9. The molecule has 1 aliphatic heterocycles. The molecule has 4 aromatic rings. The second-order valence-corrected chi connectivity index (χ2v) is 9.58. The van der Waals surface area contributed by atoms with Gasteiger partial charge in [0.05, 0.1) is 6.04 Å². The second kappa shape index (κ2) is 6.74. The van der Waals surface area contributed by atoms with E-state index in [1.165, 1.54) is 49.6 Å². The molecule has 2 N–H and O–H groups in total. The quantitative estimate of drug-likeness (QED) is 0.415. The fourth-order valence-electron chi connectivity index (χ4n) is 5.14. The fraction of sp³-hybridized carbons (Fsp3) is 0.333. The summed E-state index contributed by atoms with van der Waals surface area (Å²) < 4.78 is 0. The molecule has 2 nitrogen and oxygen atoms in total. The van der Waals surface area contributed by atoms with E-state index in [4.69, 9.17) is 0 Å². The number of rotatable bonds is 2. The zero-order chi connectivity index (χ0) is 20.2. The Labute approximate surface area is 173 Å². The van der Waals surface area contributed by atoms with E-state index in [0.717, 1.165) is 19.4 Å². The zero-order valence-corrected chi connectivity index (χ0v) is 17.9. The van der Waals surface area contributed by atoms with Crippen molar-refractivity contribution in [3.63, 3.8) is 0 Å². The summed E-state index contributed by atoms with van der Waals surface area (Å²) in [6, 6.07) is 20.5. The number of hydrogen-bond donors (Lipinski definition) is 2. The van der Waals surface area contributed by atoms with Crippen molar-refractivity contribution in [2.45, 2.75) is 52.0 Å². The lowest BCUT2D eigenvalue weighted by atomic mass is 9.83. The molecule has 1 aliphatic rings. The van der Waals surface area contributed by atoms with Crippen LogP contribution in [0.5, 0.6) is 0 Å². The Morgan fingerprint density at radius 2 is 1.76 bits per heavy atom. The first kappa shape index (κ1) is 18.4. The molecule has 0 amide bonds. The number of hydrogen-bond acceptors (Lipinski definition) is 1. The van der Waals surface area contributed by atoms with Gasteiger partial charge in [0, 0.05) is 16.6 Å². The first-order chi connectivity index (χ1) is 13.9. The third-order valence-corrected chi connectivity index (χ3v) is 6.51. The van der Waals surface area contributed by atoms with Crippen LogP contribution in [0, 0.1) is 6.92 Å². The number of fused-ring (bicyclic) bond motifs is 4. The molecule has 1 unspecified atom stereocenters. The minimum absolute atomic E-state index is 0.164. The molecule has 0 saturated heterocycles. The summed E-state index contributed by atoms with van der Waals surface area (Å²) in [7, 11) is 0. The van der Waals surface area contributed by atoms with Crippen LogP contribution in [-0.4, -0.2) is 11.5 Å². The van der Waals surface area contributed by atoms with Crippen molar-refractivity contribution >= 4 is 21.7 Å². The Morgan fingerprint density at radius 3 is 2.59 bits per heavy atom. The van der Waals surface area contributed by atoms with Gasteiger partial charge in [-0.15, -0.1) is 0 Å². The van der Waals surface area contributed by atoms with Crippen LogP contribution >= 0.6 is 0 Å². The van der Waals surface area contributed by atoms with E-state index in [0.29, 0.717) is 6.04 Å². The predicted molar refractivity (Wildman–Crippen MR) is 124 cm³/mol. The third-order valence-electron chi connectivity index (χ3n) is 6.51. The molecule has 0 aliphatic carbocycles. The van der Waals surface area contributed by atoms with Gasteiger partial charge in [0.15, 0.2) is 0 Å². The lowest BCUT2D eigenvalue weighted by Crippen LogP contribution is -2.31. The fourth-order valence-corrected chi connectivity index (χ4v) is 5.14. The highest BCUT2D eigenvalue weighted by atomic mass is 15.0. The molecule has 0 saturated carbocycles. The van der Waals surface area contributed by atoms with Crippen LogP contribution in [-0.2, 0) is 18.3 Å². The van der Waals surface area contributed by atoms with Crippen LogP contribution in [0.25, 0.3) is 21.7 Å². The van der Waals surface area contributed by atoms with Crippen LogP contribution < -0.4 is 5.32 Å². The Balaban J connectivity index is 1.59. The van der Waals surface area contributed by atoms with Crippen LogP contribution in [0.15, 0.2) is 54.6 Å². The van der Waals surface area contributed by atoms with Gasteiger partial charge in [-0.3, -0.25) is 0 Å². The van der Waals surface area contributed by atoms with E-state index >= 15 is 0 Å². The van der Waals surface area contributed by atoms with Crippen molar-refractivity contribution in [1.29, 1.82) is 0 Å². The van der Waals surface area contributed by atoms with Crippen LogP contribution in [0.2, 0.25) is 0 Å². The topological polar surface area (TPSA) is 27.8 Å². The molecule has 29 heavy (non-hydrogen) atoms. The normalized spacial score (nSPS) is 17.0. The number of nitrogens with one attached hydrogen (secondary N) is 2. The molecule has 0 spiro atoms. The van der Waals surface area contributed by atoms with Crippen LogP contribution in [0.4, 0.5) is 0 Å². The Bertz CT molecular complexity index is 1200. The predicted octanol–water partition coefficient (Wildman–Crippen LogP) is 6.36. The maximum atomic E-state index is 3.79. The number of aromatic nitrogens is 1. The van der Waals surface area contributed by atoms with E-state index in [2.05, 4.69) is 92.6 Å². The number of aromatic amines is 1. The maximum Gasteiger partial charge on any atom is 0.0517 e. The highest BCUT2D eigenvalue weighted by Gasteiger charge is 2.26. The second-order valence-electron chi connectivity index (χ2n) is 9.58. The van der Waals surface area contributed by atoms with E-state index in [9.17, 15) is 0 Å². The largest absolute Gasteiger partial charge is 0.357 e. The van der Waals surface area contributed by atoms with Crippen molar-refractivity contribution in [3.05, 3.63) is 82.5 Å². The van der Waals surface area contributed by atoms with Crippen LogP contribution in [0.1, 0.15) is 54.8 Å². The van der Waals surface area contributed by atoms with Crippen LogP contribution in [0.3, 0.4) is 0 Å². The molecule has 2 heteroatoms. The Kier molecular flexibility index (Phi) is 4.29. The number of H-pyrrole nitrogens is 1. The number of aryl methyl sites for hydroxylation is 1. The van der Waals surface area contributed by atoms with Gasteiger partial charge >= 0.3 is 0 Å². The number of benzene rings is 3. The molecule has 0 fully saturated rings. The van der Waals surface area contributed by atoms with Crippen molar-refractivity contribution in [2.24, 2.45) is 0 Å². The smallest absolute Gasteiger partial charge is 0.0517 e. The SMILES string of the molecule is Cc1cc2[nH]c3c(c2cc1C(C)(C)C)CCNC3Cc1cccc2ccccc12. The van der Waals surface area contributed by atoms with E-state index < -0.39 is 0 Å². The average molecular weight is 383 g/mol. The summed E-state index contributed by atoms with van der Waals surface area (Å²) in [6.07, 6.45) is 2.10. The van der Waals surface area contributed by atoms with Gasteiger partial charge in [-0.2, -0.15) is 0 Å². The summed E-state index contributed by atoms with van der Waals surface area (Å²) in [5.74, 6) is 0. The van der Waals surface area contributed by atoms with Crippen molar-refractivity contribution in [2.75, 3.05) is 6.54 Å². The first-order valence-corrected chi connectivity index (χ1v) is 10.8. The molecule has 1 atom stereocenters. The minimum Gasteiger partial charge on any atom is -0.357 e. The van der Waals surface area contributed by atoms with Crippen molar-refractivity contribution in [1.82, 2.24) is 10.3 Å². The summed E-state index contributed by atoms with van der Waals surface area (Å²) >= 11 is 0. The van der Waals surface area contributed by atoms with Crippen molar-refractivity contribution in [3.8, 4) is 0 Å². The molecule has 3 aromatic carbocycles. The van der Waals surface area contributed by atoms with Gasteiger partial charge in [-0.25, -0.2) is 0 Å². The molecule has 5 rings (SSSR count). The summed E-state index contributed by atoms with van der Waals surface area (Å²) in [5, 5.41) is 7.88. The lowest BCUT2D eigenvalue weighted by molar-refractivity contribution is 0.496. The maximum absolute atomic E-state index is 3.79. The van der Waals surface area contributed by atoms with E-state index in [1.54, 1.807) is 0 Å². The monoisotopic (exact) mass is 382 g/mol. The Morgan fingerprint density at radius 1 is 0.966 bits per heavy atom. The molecule has 0 bridgehead atoms. The molecule has 1 aromatic heterocycles. The molecule has 2 heterocycles. The van der Waals surface area contributed by atoms with Gasteiger partial charge in [0.25, 0.3) is 0 Å². The Hall–Kier alpha value is -2.58. The lowest BCUT2D eigenvalue weighted by Gasteiger charge is -2.25. The van der Waals surface area contributed by atoms with Gasteiger partial charge in [-0.1, -0.05) is 63.2 Å². The first-order valence-electron chi connectivity index (χ1n) is 10.8. The molecule has 148 valence electrons. The molecular weight excluding hydrogens is 352 g/mol. The third kappa shape index (κ3) is 3.16. The van der Waals surface area contributed by atoms with E-state index in [1.807, 2.05) is 0 Å². The highest BCUT2D eigenvalue weighted by Crippen LogP contribution is 2.36. The van der Waals surface area contributed by atoms with Gasteiger partial charge < -0.3 is 10.3 Å². The highest BCUT2D eigenvalue weighted by molar-refractivity contribution is 5.88. The average Bonchev–Trinajstić information content (AvgIpc) is 3.05. The molecule has 0 radical (unpaired) electrons.